The minimum Gasteiger partial charge on any atom is -0.493 e. The summed E-state index contributed by atoms with van der Waals surface area (Å²) in [4.78, 5) is 24.8. The summed E-state index contributed by atoms with van der Waals surface area (Å²) in [6.45, 7) is 1.80. The third kappa shape index (κ3) is 5.47. The van der Waals surface area contributed by atoms with E-state index in [1.165, 1.54) is 14.2 Å². The number of rotatable bonds is 9. The molecule has 0 bridgehead atoms. The second-order valence-electron chi connectivity index (χ2n) is 6.02. The molecule has 0 aliphatic carbocycles. The third-order valence-corrected chi connectivity index (χ3v) is 4.13. The fourth-order valence-corrected chi connectivity index (χ4v) is 2.74. The molecule has 2 aromatic carbocycles. The third-order valence-electron chi connectivity index (χ3n) is 4.13. The molecular formula is C21H25NO6. The average Bonchev–Trinajstić information content (AvgIpc) is 2.72. The van der Waals surface area contributed by atoms with Crippen molar-refractivity contribution in [1.29, 1.82) is 0 Å². The van der Waals surface area contributed by atoms with Crippen molar-refractivity contribution < 1.29 is 28.9 Å². The summed E-state index contributed by atoms with van der Waals surface area (Å²) in [5.41, 5.74) is 1.18. The molecule has 150 valence electrons. The summed E-state index contributed by atoms with van der Waals surface area (Å²) in [5.74, 6) is -0.0746. The van der Waals surface area contributed by atoms with Crippen LogP contribution >= 0.6 is 0 Å². The molecule has 2 atom stereocenters. The topological polar surface area (TPSA) is 94.1 Å². The highest BCUT2D eigenvalue weighted by molar-refractivity contribution is 5.86. The Kier molecular flexibility index (Phi) is 7.83. The number of amides is 1. The lowest BCUT2D eigenvalue weighted by molar-refractivity contribution is -0.150. The van der Waals surface area contributed by atoms with Crippen LogP contribution in [0.15, 0.2) is 48.5 Å². The quantitative estimate of drug-likeness (QED) is 0.640. The maximum atomic E-state index is 12.5. The molecule has 2 rings (SSSR count). The lowest BCUT2D eigenvalue weighted by Crippen LogP contribution is -2.46. The Morgan fingerprint density at radius 1 is 1.04 bits per heavy atom. The van der Waals surface area contributed by atoms with Crippen molar-refractivity contribution in [2.24, 2.45) is 0 Å². The van der Waals surface area contributed by atoms with Gasteiger partial charge in [0, 0.05) is 0 Å². The van der Waals surface area contributed by atoms with Crippen molar-refractivity contribution in [1.82, 2.24) is 5.32 Å². The highest BCUT2D eigenvalue weighted by Gasteiger charge is 2.31. The Balaban J connectivity index is 2.15. The first-order chi connectivity index (χ1) is 13.5. The predicted octanol–water partition coefficient (Wildman–Crippen LogP) is 2.03. The second-order valence-corrected chi connectivity index (χ2v) is 6.02. The standard InChI is InChI=1S/C21H25NO6/c1-4-28-21(25)19(20(24)15-8-6-5-7-9-15)22-18(23)13-14-10-11-16(26-2)17(12-14)27-3/h5-12,19-20,24H,4,13H2,1-3H3,(H,22,23). The highest BCUT2D eigenvalue weighted by Crippen LogP contribution is 2.27. The van der Waals surface area contributed by atoms with Crippen LogP contribution in [-0.4, -0.2) is 43.9 Å². The zero-order chi connectivity index (χ0) is 20.5. The fraction of sp³-hybridized carbons (Fsp3) is 0.333. The molecular weight excluding hydrogens is 362 g/mol. The van der Waals surface area contributed by atoms with E-state index in [1.54, 1.807) is 55.5 Å². The van der Waals surface area contributed by atoms with Gasteiger partial charge in [-0.05, 0) is 30.2 Å². The molecule has 0 saturated carbocycles. The van der Waals surface area contributed by atoms with Crippen molar-refractivity contribution in [2.75, 3.05) is 20.8 Å². The predicted molar refractivity (Wildman–Crippen MR) is 103 cm³/mol. The van der Waals surface area contributed by atoms with Gasteiger partial charge in [-0.1, -0.05) is 36.4 Å². The lowest BCUT2D eigenvalue weighted by atomic mass is 10.0. The Hall–Kier alpha value is -3.06. The van der Waals surface area contributed by atoms with E-state index in [0.29, 0.717) is 22.6 Å². The van der Waals surface area contributed by atoms with Gasteiger partial charge in [0.25, 0.3) is 0 Å². The van der Waals surface area contributed by atoms with Crippen molar-refractivity contribution >= 4 is 11.9 Å². The Labute approximate surface area is 164 Å². The number of carbonyl (C=O) groups is 2. The zero-order valence-corrected chi connectivity index (χ0v) is 16.2. The van der Waals surface area contributed by atoms with E-state index in [9.17, 15) is 14.7 Å². The molecule has 28 heavy (non-hydrogen) atoms. The van der Waals surface area contributed by atoms with E-state index >= 15 is 0 Å². The molecule has 0 saturated heterocycles. The average molecular weight is 387 g/mol. The number of benzene rings is 2. The van der Waals surface area contributed by atoms with Crippen molar-refractivity contribution in [3.8, 4) is 11.5 Å². The summed E-state index contributed by atoms with van der Waals surface area (Å²) in [7, 11) is 3.04. The van der Waals surface area contributed by atoms with Gasteiger partial charge in [-0.15, -0.1) is 0 Å². The van der Waals surface area contributed by atoms with Gasteiger partial charge in [-0.2, -0.15) is 0 Å². The molecule has 7 heteroatoms. The highest BCUT2D eigenvalue weighted by atomic mass is 16.5. The molecule has 1 amide bonds. The lowest BCUT2D eigenvalue weighted by Gasteiger charge is -2.23. The summed E-state index contributed by atoms with van der Waals surface area (Å²) in [6.07, 6.45) is -1.23. The van der Waals surface area contributed by atoms with E-state index in [4.69, 9.17) is 14.2 Å². The molecule has 0 spiro atoms. The minimum absolute atomic E-state index is 0.00221. The number of aliphatic hydroxyl groups excluding tert-OH is 1. The molecule has 0 aromatic heterocycles. The van der Waals surface area contributed by atoms with Gasteiger partial charge in [0.1, 0.15) is 6.10 Å². The van der Waals surface area contributed by atoms with Crippen LogP contribution < -0.4 is 14.8 Å². The van der Waals surface area contributed by atoms with Gasteiger partial charge in [0.2, 0.25) is 5.91 Å². The minimum atomic E-state index is -1.23. The first kappa shape index (κ1) is 21.2. The zero-order valence-electron chi connectivity index (χ0n) is 16.2. The number of carbonyl (C=O) groups excluding carboxylic acids is 2. The fourth-order valence-electron chi connectivity index (χ4n) is 2.74. The van der Waals surface area contributed by atoms with E-state index in [-0.39, 0.29) is 13.0 Å². The molecule has 0 fully saturated rings. The van der Waals surface area contributed by atoms with Crippen LogP contribution in [0.1, 0.15) is 24.2 Å². The van der Waals surface area contributed by atoms with E-state index in [0.717, 1.165) is 0 Å². The largest absolute Gasteiger partial charge is 0.493 e. The Morgan fingerprint density at radius 3 is 2.32 bits per heavy atom. The van der Waals surface area contributed by atoms with E-state index in [2.05, 4.69) is 5.32 Å². The molecule has 7 nitrogen and oxygen atoms in total. The van der Waals surface area contributed by atoms with Crippen LogP contribution in [0, 0.1) is 0 Å². The van der Waals surface area contributed by atoms with Crippen molar-refractivity contribution in [3.63, 3.8) is 0 Å². The van der Waals surface area contributed by atoms with Crippen molar-refractivity contribution in [3.05, 3.63) is 59.7 Å². The van der Waals surface area contributed by atoms with Crippen LogP contribution in [0.25, 0.3) is 0 Å². The summed E-state index contributed by atoms with van der Waals surface area (Å²) < 4.78 is 15.4. The van der Waals surface area contributed by atoms with Gasteiger partial charge in [0.05, 0.1) is 27.2 Å². The van der Waals surface area contributed by atoms with Gasteiger partial charge < -0.3 is 24.6 Å². The SMILES string of the molecule is CCOC(=O)C(NC(=O)Cc1ccc(OC)c(OC)c1)C(O)c1ccccc1. The first-order valence-electron chi connectivity index (χ1n) is 8.90. The second kappa shape index (κ2) is 10.3. The molecule has 0 heterocycles. The number of aliphatic hydroxyl groups is 1. The Morgan fingerprint density at radius 2 is 1.71 bits per heavy atom. The maximum Gasteiger partial charge on any atom is 0.331 e. The van der Waals surface area contributed by atoms with Gasteiger partial charge >= 0.3 is 5.97 Å². The monoisotopic (exact) mass is 387 g/mol. The normalized spacial score (nSPS) is 12.6. The number of hydrogen-bond acceptors (Lipinski definition) is 6. The van der Waals surface area contributed by atoms with Crippen LogP contribution in [0.4, 0.5) is 0 Å². The van der Waals surface area contributed by atoms with Gasteiger partial charge in [-0.3, -0.25) is 4.79 Å². The molecule has 0 radical (unpaired) electrons. The smallest absolute Gasteiger partial charge is 0.331 e. The number of esters is 1. The van der Waals surface area contributed by atoms with E-state index in [1.807, 2.05) is 0 Å². The number of hydrogen-bond donors (Lipinski definition) is 2. The maximum absolute atomic E-state index is 12.5. The van der Waals surface area contributed by atoms with E-state index < -0.39 is 24.0 Å². The molecule has 0 aliphatic rings. The summed E-state index contributed by atoms with van der Waals surface area (Å²) >= 11 is 0. The first-order valence-corrected chi connectivity index (χ1v) is 8.90. The molecule has 2 unspecified atom stereocenters. The number of ether oxygens (including phenoxy) is 3. The summed E-state index contributed by atoms with van der Waals surface area (Å²) in [6, 6.07) is 12.5. The van der Waals surface area contributed by atoms with Crippen LogP contribution in [0.3, 0.4) is 0 Å². The van der Waals surface area contributed by atoms with Crippen LogP contribution in [-0.2, 0) is 20.7 Å². The van der Waals surface area contributed by atoms with Crippen molar-refractivity contribution in [2.45, 2.75) is 25.5 Å². The summed E-state index contributed by atoms with van der Waals surface area (Å²) in [5, 5.41) is 13.2. The Bertz CT molecular complexity index is 793. The van der Waals surface area contributed by atoms with Gasteiger partial charge in [0.15, 0.2) is 17.5 Å². The van der Waals surface area contributed by atoms with Gasteiger partial charge in [-0.25, -0.2) is 4.79 Å². The molecule has 2 N–H and O–H groups in total. The molecule has 2 aromatic rings. The van der Waals surface area contributed by atoms with Crippen LogP contribution in [0.2, 0.25) is 0 Å². The number of nitrogens with one attached hydrogen (secondary N) is 1. The molecule has 0 aliphatic heterocycles. The van der Waals surface area contributed by atoms with Crippen LogP contribution in [0.5, 0.6) is 11.5 Å². The number of methoxy groups -OCH3 is 2.